The summed E-state index contributed by atoms with van der Waals surface area (Å²) in [7, 11) is 1.42. The van der Waals surface area contributed by atoms with Crippen molar-refractivity contribution in [1.82, 2.24) is 4.98 Å². The van der Waals surface area contributed by atoms with Gasteiger partial charge in [-0.2, -0.15) is 0 Å². The van der Waals surface area contributed by atoms with Crippen molar-refractivity contribution >= 4 is 0 Å². The molecule has 0 aliphatic heterocycles. The normalized spacial score (nSPS) is 10.1. The van der Waals surface area contributed by atoms with Crippen molar-refractivity contribution in [3.8, 4) is 17.2 Å². The lowest BCUT2D eigenvalue weighted by molar-refractivity contribution is 0.386. The fraction of sp³-hybridized carbons (Fsp3) is 0.100. The Morgan fingerprint density at radius 3 is 2.86 bits per heavy atom. The van der Waals surface area contributed by atoms with Crippen LogP contribution in [0.25, 0.3) is 11.5 Å². The second kappa shape index (κ2) is 3.49. The van der Waals surface area contributed by atoms with Gasteiger partial charge in [0.15, 0.2) is 11.6 Å². The molecule has 0 saturated heterocycles. The van der Waals surface area contributed by atoms with Gasteiger partial charge in [0.2, 0.25) is 5.89 Å². The number of hydrogen-bond acceptors (Lipinski definition) is 3. The number of methoxy groups -OCH3 is 1. The third-order valence-electron chi connectivity index (χ3n) is 1.83. The molecule has 0 N–H and O–H groups in total. The summed E-state index contributed by atoms with van der Waals surface area (Å²) in [6.45, 7) is 0. The molecule has 0 aliphatic rings. The molecular weight excluding hydrogens is 185 g/mol. The SMILES string of the molecule is COc1ccc(-c2ncco2)cc1F. The van der Waals surface area contributed by atoms with E-state index in [1.807, 2.05) is 0 Å². The van der Waals surface area contributed by atoms with E-state index in [2.05, 4.69) is 4.98 Å². The Bertz CT molecular complexity index is 426. The minimum atomic E-state index is -0.428. The van der Waals surface area contributed by atoms with E-state index in [0.717, 1.165) is 0 Å². The zero-order valence-corrected chi connectivity index (χ0v) is 7.53. The molecule has 0 radical (unpaired) electrons. The lowest BCUT2D eigenvalue weighted by Gasteiger charge is -2.01. The fourth-order valence-electron chi connectivity index (χ4n) is 1.17. The standard InChI is InChI=1S/C10H8FNO2/c1-13-9-3-2-7(6-8(9)11)10-12-4-5-14-10/h2-6H,1H3. The second-order valence-corrected chi connectivity index (χ2v) is 2.69. The lowest BCUT2D eigenvalue weighted by Crippen LogP contribution is -1.88. The third kappa shape index (κ3) is 1.46. The number of halogens is 1. The smallest absolute Gasteiger partial charge is 0.225 e. The van der Waals surface area contributed by atoms with Crippen molar-refractivity contribution in [2.45, 2.75) is 0 Å². The van der Waals surface area contributed by atoms with E-state index < -0.39 is 5.82 Å². The Kier molecular flexibility index (Phi) is 2.18. The number of aromatic nitrogens is 1. The second-order valence-electron chi connectivity index (χ2n) is 2.69. The van der Waals surface area contributed by atoms with Crippen LogP contribution in [0.4, 0.5) is 4.39 Å². The molecule has 1 heterocycles. The predicted octanol–water partition coefficient (Wildman–Crippen LogP) is 2.49. The zero-order valence-electron chi connectivity index (χ0n) is 7.53. The van der Waals surface area contributed by atoms with E-state index in [-0.39, 0.29) is 5.75 Å². The maximum absolute atomic E-state index is 13.2. The first kappa shape index (κ1) is 8.74. The first-order chi connectivity index (χ1) is 6.81. The van der Waals surface area contributed by atoms with Gasteiger partial charge in [0.05, 0.1) is 13.3 Å². The van der Waals surface area contributed by atoms with Crippen LogP contribution in [0.2, 0.25) is 0 Å². The number of oxazole rings is 1. The van der Waals surface area contributed by atoms with Gasteiger partial charge in [-0.05, 0) is 18.2 Å². The van der Waals surface area contributed by atoms with Gasteiger partial charge in [-0.3, -0.25) is 0 Å². The summed E-state index contributed by atoms with van der Waals surface area (Å²) >= 11 is 0. The number of ether oxygens (including phenoxy) is 1. The van der Waals surface area contributed by atoms with E-state index in [4.69, 9.17) is 9.15 Å². The molecule has 1 aromatic carbocycles. The average Bonchev–Trinajstić information content (AvgIpc) is 2.70. The molecule has 2 aromatic rings. The topological polar surface area (TPSA) is 35.3 Å². The van der Waals surface area contributed by atoms with Crippen LogP contribution in [0, 0.1) is 5.82 Å². The van der Waals surface area contributed by atoms with Crippen molar-refractivity contribution in [2.75, 3.05) is 7.11 Å². The van der Waals surface area contributed by atoms with Gasteiger partial charge in [0, 0.05) is 5.56 Å². The van der Waals surface area contributed by atoms with Crippen LogP contribution in [-0.2, 0) is 0 Å². The van der Waals surface area contributed by atoms with Crippen LogP contribution in [0.15, 0.2) is 35.1 Å². The number of rotatable bonds is 2. The van der Waals surface area contributed by atoms with Crippen LogP contribution >= 0.6 is 0 Å². The Morgan fingerprint density at radius 1 is 1.43 bits per heavy atom. The highest BCUT2D eigenvalue weighted by Crippen LogP contribution is 2.23. The van der Waals surface area contributed by atoms with E-state index in [1.54, 1.807) is 6.07 Å². The van der Waals surface area contributed by atoms with Crippen molar-refractivity contribution in [3.63, 3.8) is 0 Å². The summed E-state index contributed by atoms with van der Waals surface area (Å²) in [4.78, 5) is 3.91. The quantitative estimate of drug-likeness (QED) is 0.734. The van der Waals surface area contributed by atoms with E-state index in [0.29, 0.717) is 11.5 Å². The Morgan fingerprint density at radius 2 is 2.29 bits per heavy atom. The van der Waals surface area contributed by atoms with Crippen LogP contribution < -0.4 is 4.74 Å². The van der Waals surface area contributed by atoms with Gasteiger partial charge < -0.3 is 9.15 Å². The molecule has 4 heteroatoms. The maximum Gasteiger partial charge on any atom is 0.225 e. The van der Waals surface area contributed by atoms with E-state index >= 15 is 0 Å². The summed E-state index contributed by atoms with van der Waals surface area (Å²) < 4.78 is 23.1. The molecule has 0 atom stereocenters. The number of benzene rings is 1. The lowest BCUT2D eigenvalue weighted by atomic mass is 10.2. The highest BCUT2D eigenvalue weighted by Gasteiger charge is 2.07. The largest absolute Gasteiger partial charge is 0.494 e. The highest BCUT2D eigenvalue weighted by atomic mass is 19.1. The van der Waals surface area contributed by atoms with Gasteiger partial charge in [0.25, 0.3) is 0 Å². The van der Waals surface area contributed by atoms with E-state index in [1.165, 1.54) is 31.7 Å². The highest BCUT2D eigenvalue weighted by molar-refractivity contribution is 5.54. The Labute approximate surface area is 80.1 Å². The molecule has 0 saturated carbocycles. The average molecular weight is 193 g/mol. The Hall–Kier alpha value is -1.84. The molecule has 3 nitrogen and oxygen atoms in total. The predicted molar refractivity (Wildman–Crippen MR) is 48.4 cm³/mol. The first-order valence-corrected chi connectivity index (χ1v) is 4.04. The minimum Gasteiger partial charge on any atom is -0.494 e. The molecule has 0 bridgehead atoms. The van der Waals surface area contributed by atoms with Crippen LogP contribution in [0.1, 0.15) is 0 Å². The van der Waals surface area contributed by atoms with Gasteiger partial charge in [-0.1, -0.05) is 0 Å². The monoisotopic (exact) mass is 193 g/mol. The summed E-state index contributed by atoms with van der Waals surface area (Å²) in [5.74, 6) is 0.176. The molecule has 72 valence electrons. The third-order valence-corrected chi connectivity index (χ3v) is 1.83. The zero-order chi connectivity index (χ0) is 9.97. The summed E-state index contributed by atoms with van der Waals surface area (Å²) in [5, 5.41) is 0. The fourth-order valence-corrected chi connectivity index (χ4v) is 1.17. The van der Waals surface area contributed by atoms with Crippen molar-refractivity contribution in [3.05, 3.63) is 36.5 Å². The summed E-state index contributed by atoms with van der Waals surface area (Å²) in [6, 6.07) is 4.55. The minimum absolute atomic E-state index is 0.209. The molecule has 0 amide bonds. The molecule has 1 aromatic heterocycles. The molecule has 0 spiro atoms. The molecular formula is C10H8FNO2. The van der Waals surface area contributed by atoms with E-state index in [9.17, 15) is 4.39 Å². The van der Waals surface area contributed by atoms with Crippen molar-refractivity contribution in [2.24, 2.45) is 0 Å². The molecule has 0 unspecified atom stereocenters. The molecule has 14 heavy (non-hydrogen) atoms. The molecule has 2 rings (SSSR count). The van der Waals surface area contributed by atoms with Gasteiger partial charge in [0.1, 0.15) is 6.26 Å². The van der Waals surface area contributed by atoms with Gasteiger partial charge >= 0.3 is 0 Å². The first-order valence-electron chi connectivity index (χ1n) is 4.04. The number of hydrogen-bond donors (Lipinski definition) is 0. The summed E-state index contributed by atoms with van der Waals surface area (Å²) in [6.07, 6.45) is 2.95. The number of nitrogens with zero attached hydrogens (tertiary/aromatic N) is 1. The van der Waals surface area contributed by atoms with Gasteiger partial charge in [-0.25, -0.2) is 9.37 Å². The molecule has 0 aliphatic carbocycles. The Balaban J connectivity index is 2.43. The summed E-state index contributed by atoms with van der Waals surface area (Å²) in [5.41, 5.74) is 0.591. The van der Waals surface area contributed by atoms with Gasteiger partial charge in [-0.15, -0.1) is 0 Å². The van der Waals surface area contributed by atoms with Crippen LogP contribution in [0.5, 0.6) is 5.75 Å². The molecule has 0 fully saturated rings. The van der Waals surface area contributed by atoms with Crippen molar-refractivity contribution in [1.29, 1.82) is 0 Å². The van der Waals surface area contributed by atoms with Crippen LogP contribution in [-0.4, -0.2) is 12.1 Å². The van der Waals surface area contributed by atoms with Crippen LogP contribution in [0.3, 0.4) is 0 Å². The maximum atomic E-state index is 13.2. The van der Waals surface area contributed by atoms with Crippen molar-refractivity contribution < 1.29 is 13.5 Å².